The quantitative estimate of drug-likeness (QED) is 0.240. The summed E-state index contributed by atoms with van der Waals surface area (Å²) in [5.74, 6) is 1.39. The Bertz CT molecular complexity index is 1220. The van der Waals surface area contributed by atoms with Crippen LogP contribution in [0, 0.1) is 17.7 Å². The molecule has 1 aromatic heterocycles. The number of piperidine rings is 1. The Hall–Kier alpha value is -2.61. The number of likely N-dealkylation sites (tertiary alicyclic amines) is 2. The van der Waals surface area contributed by atoms with Gasteiger partial charge in [0.2, 0.25) is 11.9 Å². The predicted octanol–water partition coefficient (Wildman–Crippen LogP) is 1.10. The first-order chi connectivity index (χ1) is 20.7. The fourth-order valence-electron chi connectivity index (χ4n) is 6.37. The van der Waals surface area contributed by atoms with E-state index in [2.05, 4.69) is 14.9 Å². The highest BCUT2D eigenvalue weighted by molar-refractivity contribution is 6.30. The third-order valence-electron chi connectivity index (χ3n) is 8.95. The van der Waals surface area contributed by atoms with Crippen LogP contribution in [0.4, 0.5) is 10.3 Å². The monoisotopic (exact) mass is 621 g/mol. The van der Waals surface area contributed by atoms with E-state index in [9.17, 15) is 24.5 Å². The molecule has 3 saturated heterocycles. The van der Waals surface area contributed by atoms with Crippen LogP contribution in [-0.4, -0.2) is 123 Å². The van der Waals surface area contributed by atoms with Gasteiger partial charge in [-0.3, -0.25) is 9.69 Å². The van der Waals surface area contributed by atoms with E-state index >= 15 is 0 Å². The fourth-order valence-corrected chi connectivity index (χ4v) is 6.47. The molecule has 11 nitrogen and oxygen atoms in total. The van der Waals surface area contributed by atoms with Gasteiger partial charge in [0.25, 0.3) is 0 Å². The van der Waals surface area contributed by atoms with E-state index in [1.54, 1.807) is 29.4 Å². The second kappa shape index (κ2) is 14.4. The molecule has 3 aliphatic rings. The van der Waals surface area contributed by atoms with Gasteiger partial charge in [-0.1, -0.05) is 17.7 Å². The number of benzene rings is 1. The van der Waals surface area contributed by atoms with Gasteiger partial charge in [-0.05, 0) is 43.2 Å². The van der Waals surface area contributed by atoms with Gasteiger partial charge >= 0.3 is 0 Å². The molecule has 5 rings (SSSR count). The number of carbonyl (C=O) groups is 1. The van der Waals surface area contributed by atoms with E-state index in [0.29, 0.717) is 54.4 Å². The third kappa shape index (κ3) is 7.92. The van der Waals surface area contributed by atoms with Crippen LogP contribution in [-0.2, 0) is 11.2 Å². The van der Waals surface area contributed by atoms with Gasteiger partial charge in [0.05, 0.1) is 49.2 Å². The zero-order chi connectivity index (χ0) is 30.5. The summed E-state index contributed by atoms with van der Waals surface area (Å²) in [5.41, 5.74) is 0.323. The second-order valence-corrected chi connectivity index (χ2v) is 12.4. The lowest BCUT2D eigenvalue weighted by molar-refractivity contribution is -0.140. The molecule has 236 valence electrons. The summed E-state index contributed by atoms with van der Waals surface area (Å²) >= 11 is 5.88. The van der Waals surface area contributed by atoms with Crippen molar-refractivity contribution < 1.29 is 34.3 Å². The normalized spacial score (nSPS) is 23.0. The van der Waals surface area contributed by atoms with Gasteiger partial charge < -0.3 is 35.0 Å². The van der Waals surface area contributed by atoms with Gasteiger partial charge in [0.15, 0.2) is 0 Å². The highest BCUT2D eigenvalue weighted by Gasteiger charge is 2.48. The predicted molar refractivity (Wildman–Crippen MR) is 157 cm³/mol. The van der Waals surface area contributed by atoms with Crippen molar-refractivity contribution >= 4 is 23.5 Å². The van der Waals surface area contributed by atoms with Gasteiger partial charge in [0, 0.05) is 51.3 Å². The van der Waals surface area contributed by atoms with Crippen molar-refractivity contribution in [1.82, 2.24) is 19.8 Å². The van der Waals surface area contributed by atoms with Gasteiger partial charge in [0.1, 0.15) is 23.8 Å². The molecule has 1 aromatic carbocycles. The third-order valence-corrected chi connectivity index (χ3v) is 9.15. The largest absolute Gasteiger partial charge is 0.493 e. The van der Waals surface area contributed by atoms with Crippen molar-refractivity contribution in [1.29, 1.82) is 0 Å². The average Bonchev–Trinajstić information content (AvgIpc) is 3.30. The molecule has 3 aliphatic heterocycles. The number of β-amino-alcohol motifs (C(OH)–C–C–N with tert-alkyl or cyclic N) is 1. The minimum Gasteiger partial charge on any atom is -0.493 e. The first kappa shape index (κ1) is 31.8. The van der Waals surface area contributed by atoms with E-state index < -0.39 is 30.7 Å². The zero-order valence-electron chi connectivity index (χ0n) is 24.1. The van der Waals surface area contributed by atoms with E-state index in [0.717, 1.165) is 38.8 Å². The van der Waals surface area contributed by atoms with Crippen molar-refractivity contribution in [3.63, 3.8) is 0 Å². The number of aliphatic hydroxyl groups is 4. The molecule has 0 bridgehead atoms. The lowest BCUT2D eigenvalue weighted by Gasteiger charge is -2.43. The number of fused-ring (bicyclic) bond motifs is 1. The standard InChI is InChI=1S/C30H41ClFN5O6/c31-22-12-33-30(34-13-22)36-7-5-19(6-8-36)2-1-9-43-23-4-3-20(24(32)11-23)10-28(41)37-15-21-14-35(16-25(21)37)17-26(39)29(42)27(40)18-38/h3-4,11-13,19,21,25-27,29,38-40,42H,1-2,5-10,14-18H2/t21-,25-,26-,27+,29-/m0/s1. The summed E-state index contributed by atoms with van der Waals surface area (Å²) in [6, 6.07) is 4.64. The fraction of sp³-hybridized carbons (Fsp3) is 0.633. The Morgan fingerprint density at radius 1 is 1.09 bits per heavy atom. The molecule has 5 atom stereocenters. The van der Waals surface area contributed by atoms with Crippen molar-refractivity contribution in [2.24, 2.45) is 11.8 Å². The Kier molecular flexibility index (Phi) is 10.7. The first-order valence-electron chi connectivity index (χ1n) is 15.0. The minimum absolute atomic E-state index is 0.0247. The summed E-state index contributed by atoms with van der Waals surface area (Å²) in [7, 11) is 0. The van der Waals surface area contributed by atoms with Crippen molar-refractivity contribution in [2.45, 2.75) is 56.5 Å². The molecule has 2 aromatic rings. The molecule has 0 unspecified atom stereocenters. The molecular formula is C30H41ClFN5O6. The maximum Gasteiger partial charge on any atom is 0.227 e. The number of ether oxygens (including phenoxy) is 1. The highest BCUT2D eigenvalue weighted by Crippen LogP contribution is 2.33. The summed E-state index contributed by atoms with van der Waals surface area (Å²) in [6.07, 6.45) is 3.13. The van der Waals surface area contributed by atoms with Crippen LogP contribution in [0.15, 0.2) is 30.6 Å². The zero-order valence-corrected chi connectivity index (χ0v) is 24.9. The lowest BCUT2D eigenvalue weighted by Crippen LogP contribution is -2.58. The molecular weight excluding hydrogens is 581 g/mol. The molecule has 3 fully saturated rings. The van der Waals surface area contributed by atoms with E-state index in [-0.39, 0.29) is 30.8 Å². The number of amides is 1. The number of aromatic nitrogens is 2. The summed E-state index contributed by atoms with van der Waals surface area (Å²) in [5, 5.41) is 39.1. The first-order valence-corrected chi connectivity index (χ1v) is 15.4. The van der Waals surface area contributed by atoms with Crippen LogP contribution in [0.25, 0.3) is 0 Å². The van der Waals surface area contributed by atoms with Crippen molar-refractivity contribution in [2.75, 3.05) is 57.4 Å². The number of aliphatic hydroxyl groups excluding tert-OH is 4. The second-order valence-electron chi connectivity index (χ2n) is 12.0. The molecule has 4 heterocycles. The Morgan fingerprint density at radius 3 is 2.53 bits per heavy atom. The smallest absolute Gasteiger partial charge is 0.227 e. The number of nitrogens with zero attached hydrogens (tertiary/aromatic N) is 5. The maximum atomic E-state index is 14.9. The van der Waals surface area contributed by atoms with Gasteiger partial charge in [-0.25, -0.2) is 14.4 Å². The average molecular weight is 622 g/mol. The molecule has 0 saturated carbocycles. The number of rotatable bonds is 13. The number of anilines is 1. The van der Waals surface area contributed by atoms with Gasteiger partial charge in [-0.2, -0.15) is 0 Å². The number of hydrogen-bond donors (Lipinski definition) is 4. The summed E-state index contributed by atoms with van der Waals surface area (Å²) in [6.45, 7) is 3.54. The molecule has 4 N–H and O–H groups in total. The topological polar surface area (TPSA) is 143 Å². The lowest BCUT2D eigenvalue weighted by atomic mass is 9.91. The molecule has 1 amide bonds. The van der Waals surface area contributed by atoms with E-state index in [1.165, 1.54) is 6.07 Å². The molecule has 0 aliphatic carbocycles. The minimum atomic E-state index is -1.45. The highest BCUT2D eigenvalue weighted by atomic mass is 35.5. The summed E-state index contributed by atoms with van der Waals surface area (Å²) < 4.78 is 20.7. The summed E-state index contributed by atoms with van der Waals surface area (Å²) in [4.78, 5) is 27.4. The molecule has 43 heavy (non-hydrogen) atoms. The number of carbonyl (C=O) groups excluding carboxylic acids is 1. The van der Waals surface area contributed by atoms with Crippen LogP contribution < -0.4 is 9.64 Å². The number of hydrogen-bond acceptors (Lipinski definition) is 10. The Balaban J connectivity index is 1.000. The Morgan fingerprint density at radius 2 is 1.84 bits per heavy atom. The SMILES string of the molecule is O=C(Cc1ccc(OCCCC2CCN(c3ncc(Cl)cn3)CC2)cc1F)N1C[C@@H]2CN(C[C@H](O)[C@H](O)[C@H](O)CO)C[C@@H]21. The van der Waals surface area contributed by atoms with Crippen LogP contribution in [0.1, 0.15) is 31.2 Å². The number of halogens is 2. The van der Waals surface area contributed by atoms with Crippen LogP contribution in [0.3, 0.4) is 0 Å². The molecule has 0 spiro atoms. The van der Waals surface area contributed by atoms with Crippen molar-refractivity contribution in [3.05, 3.63) is 47.0 Å². The molecule has 13 heteroatoms. The van der Waals surface area contributed by atoms with E-state index in [4.69, 9.17) is 21.4 Å². The van der Waals surface area contributed by atoms with Crippen LogP contribution in [0.2, 0.25) is 5.02 Å². The van der Waals surface area contributed by atoms with Crippen molar-refractivity contribution in [3.8, 4) is 5.75 Å². The molecule has 0 radical (unpaired) electrons. The van der Waals surface area contributed by atoms with E-state index in [1.807, 2.05) is 4.90 Å². The van der Waals surface area contributed by atoms with Gasteiger partial charge in [-0.15, -0.1) is 0 Å². The Labute approximate surface area is 255 Å². The maximum absolute atomic E-state index is 14.9. The van der Waals surface area contributed by atoms with Crippen LogP contribution in [0.5, 0.6) is 5.75 Å². The van der Waals surface area contributed by atoms with Crippen LogP contribution >= 0.6 is 11.6 Å².